The third-order valence-electron chi connectivity index (χ3n) is 7.95. The molecule has 1 aliphatic heterocycles. The van der Waals surface area contributed by atoms with E-state index in [1.807, 2.05) is 11.3 Å². The molecule has 0 amide bonds. The van der Waals surface area contributed by atoms with Crippen molar-refractivity contribution < 1.29 is 0 Å². The van der Waals surface area contributed by atoms with Gasteiger partial charge in [0.15, 0.2) is 0 Å². The minimum atomic E-state index is 0.203. The predicted molar refractivity (Wildman–Crippen MR) is 154 cm³/mol. The van der Waals surface area contributed by atoms with Crippen molar-refractivity contribution >= 4 is 76.4 Å². The van der Waals surface area contributed by atoms with Crippen LogP contribution in [0, 0.1) is 13.8 Å². The van der Waals surface area contributed by atoms with Crippen LogP contribution in [-0.2, 0) is 0 Å². The van der Waals surface area contributed by atoms with Crippen molar-refractivity contribution in [2.75, 3.05) is 0 Å². The second-order valence-corrected chi connectivity index (χ2v) is 10.9. The molecule has 5 aromatic carbocycles. The summed E-state index contributed by atoms with van der Waals surface area (Å²) in [6.45, 7) is 4.74. The quantitative estimate of drug-likeness (QED) is 0.242. The van der Waals surface area contributed by atoms with E-state index in [1.165, 1.54) is 75.2 Å². The van der Waals surface area contributed by atoms with Crippen LogP contribution in [0.3, 0.4) is 0 Å². The summed E-state index contributed by atoms with van der Waals surface area (Å²) in [6.07, 6.45) is 0. The highest BCUT2D eigenvalue weighted by atomic mass is 32.1. The van der Waals surface area contributed by atoms with Gasteiger partial charge in [0.25, 0.3) is 0 Å². The van der Waals surface area contributed by atoms with Gasteiger partial charge in [-0.1, -0.05) is 95.5 Å². The summed E-state index contributed by atoms with van der Waals surface area (Å²) in [5.74, 6) is 0. The first-order chi connectivity index (χ1) is 17.2. The van der Waals surface area contributed by atoms with Gasteiger partial charge in [-0.3, -0.25) is 0 Å². The number of fused-ring (bicyclic) bond motifs is 8. The Morgan fingerprint density at radius 3 is 2.17 bits per heavy atom. The fourth-order valence-corrected chi connectivity index (χ4v) is 7.61. The second kappa shape index (κ2) is 6.87. The topological polar surface area (TPSA) is 4.93 Å². The SMILES string of the molecule is Cc1cccc(C)c1B1c2cc3c(cc2-n2c4ccccc4c4cccc1c42)sc1ccccc13. The number of nitrogens with zero attached hydrogens (tertiary/aromatic N) is 1. The Hall–Kier alpha value is -3.82. The van der Waals surface area contributed by atoms with E-state index in [2.05, 4.69) is 115 Å². The summed E-state index contributed by atoms with van der Waals surface area (Å²) in [7, 11) is 0. The number of thiophene rings is 1. The van der Waals surface area contributed by atoms with Crippen LogP contribution in [0.15, 0.2) is 97.1 Å². The van der Waals surface area contributed by atoms with Crippen molar-refractivity contribution in [2.24, 2.45) is 0 Å². The molecule has 0 aliphatic carbocycles. The predicted octanol–water partition coefficient (Wildman–Crippen LogP) is 6.60. The van der Waals surface area contributed by atoms with Crippen molar-refractivity contribution in [3.63, 3.8) is 0 Å². The highest BCUT2D eigenvalue weighted by molar-refractivity contribution is 7.26. The first-order valence-corrected chi connectivity index (χ1v) is 13.1. The third kappa shape index (κ3) is 2.49. The Bertz CT molecular complexity index is 1970. The average molecular weight is 463 g/mol. The van der Waals surface area contributed by atoms with Crippen LogP contribution in [0.2, 0.25) is 0 Å². The molecule has 1 aliphatic rings. The number of aromatic nitrogens is 1. The van der Waals surface area contributed by atoms with E-state index in [-0.39, 0.29) is 6.71 Å². The van der Waals surface area contributed by atoms with E-state index >= 15 is 0 Å². The van der Waals surface area contributed by atoms with Crippen molar-refractivity contribution in [2.45, 2.75) is 13.8 Å². The van der Waals surface area contributed by atoms with E-state index < -0.39 is 0 Å². The van der Waals surface area contributed by atoms with Gasteiger partial charge in [0, 0.05) is 36.8 Å². The van der Waals surface area contributed by atoms with Crippen molar-refractivity contribution in [3.8, 4) is 5.69 Å². The fraction of sp³-hybridized carbons (Fsp3) is 0.0625. The Kier molecular flexibility index (Phi) is 3.82. The van der Waals surface area contributed by atoms with Crippen LogP contribution >= 0.6 is 11.3 Å². The molecule has 8 rings (SSSR count). The maximum Gasteiger partial charge on any atom is 0.247 e. The Morgan fingerprint density at radius 2 is 1.31 bits per heavy atom. The van der Waals surface area contributed by atoms with E-state index in [0.29, 0.717) is 0 Å². The normalized spacial score (nSPS) is 12.8. The maximum atomic E-state index is 2.53. The van der Waals surface area contributed by atoms with Gasteiger partial charge in [0.05, 0.1) is 5.52 Å². The standard InChI is InChI=1S/C32H22BNS/c1-19-9-7-10-20(2)31(19)33-25-14-8-13-23-21-11-3-5-15-27(21)34(32(23)25)28-18-30-24(17-26(28)33)22-12-4-6-16-29(22)35-30/h3-18H,1-2H3. The molecule has 0 atom stereocenters. The number of rotatable bonds is 1. The highest BCUT2D eigenvalue weighted by Crippen LogP contribution is 2.38. The smallest absolute Gasteiger partial charge is 0.247 e. The molecule has 2 aromatic heterocycles. The molecule has 164 valence electrons. The minimum Gasteiger partial charge on any atom is -0.310 e. The van der Waals surface area contributed by atoms with Crippen molar-refractivity contribution in [3.05, 3.63) is 108 Å². The average Bonchev–Trinajstić information content (AvgIpc) is 3.41. The molecule has 0 saturated heterocycles. The van der Waals surface area contributed by atoms with Gasteiger partial charge in [-0.2, -0.15) is 0 Å². The summed E-state index contributed by atoms with van der Waals surface area (Å²) in [5, 5.41) is 5.40. The van der Waals surface area contributed by atoms with Crippen LogP contribution in [0.25, 0.3) is 47.7 Å². The number of para-hydroxylation sites is 2. The lowest BCUT2D eigenvalue weighted by Gasteiger charge is -2.29. The number of hydrogen-bond acceptors (Lipinski definition) is 1. The van der Waals surface area contributed by atoms with Gasteiger partial charge in [-0.15, -0.1) is 11.3 Å². The molecule has 0 unspecified atom stereocenters. The van der Waals surface area contributed by atoms with Crippen molar-refractivity contribution in [1.82, 2.24) is 4.57 Å². The van der Waals surface area contributed by atoms with Gasteiger partial charge >= 0.3 is 0 Å². The lowest BCUT2D eigenvalue weighted by Crippen LogP contribution is -2.57. The van der Waals surface area contributed by atoms with E-state index in [1.54, 1.807) is 0 Å². The van der Waals surface area contributed by atoms with Gasteiger partial charge in [-0.25, -0.2) is 0 Å². The lowest BCUT2D eigenvalue weighted by molar-refractivity contribution is 1.20. The molecule has 1 nitrogen and oxygen atoms in total. The number of aryl methyl sites for hydroxylation is 2. The zero-order valence-corrected chi connectivity index (χ0v) is 20.5. The molecule has 0 bridgehead atoms. The zero-order chi connectivity index (χ0) is 23.3. The molecule has 3 heteroatoms. The zero-order valence-electron chi connectivity index (χ0n) is 19.7. The molecule has 0 N–H and O–H groups in total. The summed E-state index contributed by atoms with van der Waals surface area (Å²) >= 11 is 1.90. The second-order valence-electron chi connectivity index (χ2n) is 9.84. The minimum absolute atomic E-state index is 0.203. The highest BCUT2D eigenvalue weighted by Gasteiger charge is 2.35. The maximum absolute atomic E-state index is 2.53. The molecule has 0 spiro atoms. The molecule has 35 heavy (non-hydrogen) atoms. The monoisotopic (exact) mass is 463 g/mol. The first kappa shape index (κ1) is 19.5. The number of benzene rings is 5. The summed E-state index contributed by atoms with van der Waals surface area (Å²) < 4.78 is 5.24. The first-order valence-electron chi connectivity index (χ1n) is 12.2. The lowest BCUT2D eigenvalue weighted by atomic mass is 9.34. The molecule has 0 saturated carbocycles. The largest absolute Gasteiger partial charge is 0.310 e. The van der Waals surface area contributed by atoms with Gasteiger partial charge in [0.1, 0.15) is 0 Å². The van der Waals surface area contributed by atoms with Crippen LogP contribution in [-0.4, -0.2) is 11.3 Å². The molecular formula is C32H22BNS. The van der Waals surface area contributed by atoms with Crippen LogP contribution < -0.4 is 16.4 Å². The van der Waals surface area contributed by atoms with Crippen LogP contribution in [0.4, 0.5) is 0 Å². The molecule has 0 radical (unpaired) electrons. The number of hydrogen-bond donors (Lipinski definition) is 0. The summed E-state index contributed by atoms with van der Waals surface area (Å²) in [4.78, 5) is 0. The van der Waals surface area contributed by atoms with Gasteiger partial charge < -0.3 is 4.57 Å². The molecular weight excluding hydrogens is 441 g/mol. The van der Waals surface area contributed by atoms with Gasteiger partial charge in [0.2, 0.25) is 6.71 Å². The van der Waals surface area contributed by atoms with Crippen LogP contribution in [0.5, 0.6) is 0 Å². The van der Waals surface area contributed by atoms with E-state index in [0.717, 1.165) is 0 Å². The fourth-order valence-electron chi connectivity index (χ4n) is 6.49. The van der Waals surface area contributed by atoms with Crippen LogP contribution in [0.1, 0.15) is 11.1 Å². The Labute approximate surface area is 208 Å². The van der Waals surface area contributed by atoms with Crippen molar-refractivity contribution in [1.29, 1.82) is 0 Å². The van der Waals surface area contributed by atoms with E-state index in [4.69, 9.17) is 0 Å². The Morgan fingerprint density at radius 1 is 0.600 bits per heavy atom. The summed E-state index contributed by atoms with van der Waals surface area (Å²) in [6, 6.07) is 36.3. The Balaban J connectivity index is 1.62. The molecule has 3 heterocycles. The third-order valence-corrected chi connectivity index (χ3v) is 9.08. The van der Waals surface area contributed by atoms with Gasteiger partial charge in [-0.05, 0) is 48.4 Å². The molecule has 7 aromatic rings. The molecule has 0 fully saturated rings. The summed E-state index contributed by atoms with van der Waals surface area (Å²) in [5.41, 5.74) is 10.9. The van der Waals surface area contributed by atoms with E-state index in [9.17, 15) is 0 Å².